The highest BCUT2D eigenvalue weighted by Gasteiger charge is 2.33. The third kappa shape index (κ3) is 2.58. The lowest BCUT2D eigenvalue weighted by Gasteiger charge is -2.14. The van der Waals surface area contributed by atoms with Gasteiger partial charge in [0.1, 0.15) is 0 Å². The van der Waals surface area contributed by atoms with Gasteiger partial charge in [-0.3, -0.25) is 0 Å². The van der Waals surface area contributed by atoms with Gasteiger partial charge >= 0.3 is 0 Å². The van der Waals surface area contributed by atoms with Gasteiger partial charge in [0.25, 0.3) is 0 Å². The van der Waals surface area contributed by atoms with E-state index < -0.39 is 0 Å². The average Bonchev–Trinajstić information content (AvgIpc) is 3.09. The Balaban J connectivity index is 1.46. The maximum absolute atomic E-state index is 2.54. The molecule has 4 rings (SSSR count). The molecule has 2 aromatic carbocycles. The fourth-order valence-corrected chi connectivity index (χ4v) is 3.73. The minimum absolute atomic E-state index is 0.689. The van der Waals surface area contributed by atoms with Gasteiger partial charge in [0.15, 0.2) is 0 Å². The first-order valence-electron chi connectivity index (χ1n) is 7.87. The maximum Gasteiger partial charge on any atom is -0.000804 e. The summed E-state index contributed by atoms with van der Waals surface area (Å²) < 4.78 is 0. The molecular formula is C21H20. The quantitative estimate of drug-likeness (QED) is 0.689. The van der Waals surface area contributed by atoms with Crippen LogP contribution in [0, 0.1) is 11.8 Å². The van der Waals surface area contributed by atoms with Crippen molar-refractivity contribution in [2.75, 3.05) is 0 Å². The zero-order valence-corrected chi connectivity index (χ0v) is 12.2. The van der Waals surface area contributed by atoms with Gasteiger partial charge < -0.3 is 0 Å². The normalized spacial score (nSPS) is 23.0. The lowest BCUT2D eigenvalue weighted by Crippen LogP contribution is -2.01. The molecule has 0 saturated heterocycles. The van der Waals surface area contributed by atoms with E-state index in [4.69, 9.17) is 0 Å². The Morgan fingerprint density at radius 3 is 1.43 bits per heavy atom. The lowest BCUT2D eigenvalue weighted by atomic mass is 9.91. The van der Waals surface area contributed by atoms with Gasteiger partial charge in [0.2, 0.25) is 0 Å². The van der Waals surface area contributed by atoms with Crippen LogP contribution < -0.4 is 0 Å². The second-order valence-electron chi connectivity index (χ2n) is 6.26. The van der Waals surface area contributed by atoms with Gasteiger partial charge in [0, 0.05) is 0 Å². The van der Waals surface area contributed by atoms with Crippen molar-refractivity contribution in [1.29, 1.82) is 0 Å². The Morgan fingerprint density at radius 1 is 0.619 bits per heavy atom. The van der Waals surface area contributed by atoms with Gasteiger partial charge in [0.05, 0.1) is 0 Å². The largest absolute Gasteiger partial charge is 0.0772 e. The number of benzene rings is 2. The van der Waals surface area contributed by atoms with Crippen molar-refractivity contribution in [3.05, 3.63) is 95.1 Å². The molecule has 2 bridgehead atoms. The molecule has 0 saturated carbocycles. The molecule has 2 unspecified atom stereocenters. The fraction of sp³-hybridized carbons (Fsp3) is 0.238. The summed E-state index contributed by atoms with van der Waals surface area (Å²) in [7, 11) is 0. The molecule has 0 amide bonds. The SMILES string of the molecule is C1=C(Cc2ccccc2)C2C=C(Cc3ccccc3)C1C2. The number of fused-ring (bicyclic) bond motifs is 2. The Morgan fingerprint density at radius 2 is 1.05 bits per heavy atom. The van der Waals surface area contributed by atoms with Crippen molar-refractivity contribution in [3.8, 4) is 0 Å². The molecule has 0 radical (unpaired) electrons. The summed E-state index contributed by atoms with van der Waals surface area (Å²) in [5.41, 5.74) is 6.13. The summed E-state index contributed by atoms with van der Waals surface area (Å²) in [4.78, 5) is 0. The molecule has 2 aromatic rings. The molecule has 0 N–H and O–H groups in total. The molecule has 0 aliphatic heterocycles. The van der Waals surface area contributed by atoms with E-state index in [0.717, 1.165) is 12.8 Å². The molecule has 21 heavy (non-hydrogen) atoms. The number of allylic oxidation sites excluding steroid dienone is 4. The summed E-state index contributed by atoms with van der Waals surface area (Å²) in [6, 6.07) is 21.7. The predicted molar refractivity (Wildman–Crippen MR) is 88.1 cm³/mol. The number of rotatable bonds is 4. The van der Waals surface area contributed by atoms with E-state index in [9.17, 15) is 0 Å². The van der Waals surface area contributed by atoms with Crippen LogP contribution in [0.5, 0.6) is 0 Å². The molecule has 104 valence electrons. The van der Waals surface area contributed by atoms with E-state index in [2.05, 4.69) is 72.8 Å². The highest BCUT2D eigenvalue weighted by atomic mass is 14.4. The smallest absolute Gasteiger partial charge is 0.000804 e. The predicted octanol–water partition coefficient (Wildman–Crippen LogP) is 4.97. The molecule has 0 heteroatoms. The summed E-state index contributed by atoms with van der Waals surface area (Å²) in [6.07, 6.45) is 8.63. The second kappa shape index (κ2) is 5.37. The molecule has 0 fully saturated rings. The van der Waals surface area contributed by atoms with Crippen molar-refractivity contribution in [3.63, 3.8) is 0 Å². The Bertz CT molecular complexity index is 615. The standard InChI is InChI=1S/C21H20/c1-3-7-16(8-4-1)11-18-13-21-15-20(18)14-19(21)12-17-9-5-2-6-10-17/h1-10,13-14,20-21H,11-12,15H2. The van der Waals surface area contributed by atoms with Gasteiger partial charge in [-0.05, 0) is 42.2 Å². The van der Waals surface area contributed by atoms with Crippen LogP contribution in [0.15, 0.2) is 84.0 Å². The molecule has 2 atom stereocenters. The minimum Gasteiger partial charge on any atom is -0.0772 e. The van der Waals surface area contributed by atoms with E-state index in [-0.39, 0.29) is 0 Å². The van der Waals surface area contributed by atoms with E-state index >= 15 is 0 Å². The third-order valence-electron chi connectivity index (χ3n) is 4.79. The average molecular weight is 272 g/mol. The highest BCUT2D eigenvalue weighted by Crippen LogP contribution is 2.44. The van der Waals surface area contributed by atoms with Crippen LogP contribution in [0.25, 0.3) is 0 Å². The summed E-state index contributed by atoms with van der Waals surface area (Å²) in [6.45, 7) is 0. The van der Waals surface area contributed by atoms with Crippen molar-refractivity contribution >= 4 is 0 Å². The van der Waals surface area contributed by atoms with E-state index in [1.807, 2.05) is 0 Å². The molecule has 0 aromatic heterocycles. The zero-order valence-electron chi connectivity index (χ0n) is 12.2. The van der Waals surface area contributed by atoms with Crippen molar-refractivity contribution in [1.82, 2.24) is 0 Å². The van der Waals surface area contributed by atoms with Crippen molar-refractivity contribution in [2.24, 2.45) is 11.8 Å². The van der Waals surface area contributed by atoms with Crippen LogP contribution in [0.4, 0.5) is 0 Å². The van der Waals surface area contributed by atoms with Crippen LogP contribution >= 0.6 is 0 Å². The Labute approximate surface area is 126 Å². The Hall–Kier alpha value is -2.08. The van der Waals surface area contributed by atoms with Crippen molar-refractivity contribution in [2.45, 2.75) is 19.3 Å². The molecule has 0 heterocycles. The first-order valence-corrected chi connectivity index (χ1v) is 7.87. The van der Waals surface area contributed by atoms with Gasteiger partial charge in [-0.2, -0.15) is 0 Å². The van der Waals surface area contributed by atoms with Crippen LogP contribution in [0.1, 0.15) is 17.5 Å². The van der Waals surface area contributed by atoms with E-state index in [1.54, 1.807) is 11.1 Å². The summed E-state index contributed by atoms with van der Waals surface area (Å²) in [5.74, 6) is 1.38. The molecule has 2 aliphatic rings. The van der Waals surface area contributed by atoms with Gasteiger partial charge in [-0.1, -0.05) is 84.0 Å². The number of hydrogen-bond acceptors (Lipinski definition) is 0. The highest BCUT2D eigenvalue weighted by molar-refractivity contribution is 5.40. The van der Waals surface area contributed by atoms with Crippen LogP contribution in [-0.2, 0) is 12.8 Å². The first kappa shape index (κ1) is 12.6. The minimum atomic E-state index is 0.689. The molecule has 2 aliphatic carbocycles. The lowest BCUT2D eigenvalue weighted by molar-refractivity contribution is 0.686. The van der Waals surface area contributed by atoms with E-state index in [1.165, 1.54) is 17.5 Å². The summed E-state index contributed by atoms with van der Waals surface area (Å²) in [5, 5.41) is 0. The van der Waals surface area contributed by atoms with Crippen LogP contribution in [0.2, 0.25) is 0 Å². The zero-order chi connectivity index (χ0) is 14.1. The first-order chi connectivity index (χ1) is 10.4. The fourth-order valence-electron chi connectivity index (χ4n) is 3.73. The molecular weight excluding hydrogens is 252 g/mol. The monoisotopic (exact) mass is 272 g/mol. The topological polar surface area (TPSA) is 0 Å². The number of hydrogen-bond donors (Lipinski definition) is 0. The second-order valence-corrected chi connectivity index (χ2v) is 6.26. The van der Waals surface area contributed by atoms with Crippen molar-refractivity contribution < 1.29 is 0 Å². The third-order valence-corrected chi connectivity index (χ3v) is 4.79. The van der Waals surface area contributed by atoms with Crippen LogP contribution in [-0.4, -0.2) is 0 Å². The molecule has 0 nitrogen and oxygen atoms in total. The van der Waals surface area contributed by atoms with E-state index in [0.29, 0.717) is 11.8 Å². The van der Waals surface area contributed by atoms with Crippen LogP contribution in [0.3, 0.4) is 0 Å². The summed E-state index contributed by atoms with van der Waals surface area (Å²) >= 11 is 0. The maximum atomic E-state index is 2.54. The van der Waals surface area contributed by atoms with Gasteiger partial charge in [-0.15, -0.1) is 0 Å². The molecule has 0 spiro atoms. The van der Waals surface area contributed by atoms with Gasteiger partial charge in [-0.25, -0.2) is 0 Å². The Kier molecular flexibility index (Phi) is 3.23.